The van der Waals surface area contributed by atoms with Gasteiger partial charge in [-0.2, -0.15) is 0 Å². The first-order chi connectivity index (χ1) is 14.8. The molecular formula is C20H38O11. The first kappa shape index (κ1) is 26.8. The molecule has 0 spiro atoms. The zero-order chi connectivity index (χ0) is 23.0. The lowest BCUT2D eigenvalue weighted by Crippen LogP contribution is -2.64. The molecular weight excluding hydrogens is 416 g/mol. The first-order valence-corrected chi connectivity index (χ1v) is 11.1. The minimum Gasteiger partial charge on any atom is -0.394 e. The van der Waals surface area contributed by atoms with E-state index in [1.807, 2.05) is 0 Å². The van der Waals surface area contributed by atoms with E-state index in [0.717, 1.165) is 32.1 Å². The van der Waals surface area contributed by atoms with Gasteiger partial charge in [-0.3, -0.25) is 0 Å². The summed E-state index contributed by atoms with van der Waals surface area (Å²) in [4.78, 5) is 0. The molecule has 0 unspecified atom stereocenters. The average molecular weight is 455 g/mol. The Morgan fingerprint density at radius 2 is 1.23 bits per heavy atom. The van der Waals surface area contributed by atoms with Gasteiger partial charge < -0.3 is 54.7 Å². The molecule has 2 aliphatic heterocycles. The van der Waals surface area contributed by atoms with E-state index in [2.05, 4.69) is 6.92 Å². The number of aliphatic hydroxyl groups excluding tert-OH is 7. The van der Waals surface area contributed by atoms with Crippen LogP contribution in [0.3, 0.4) is 0 Å². The Hall–Kier alpha value is -0.440. The van der Waals surface area contributed by atoms with Crippen LogP contribution in [0.25, 0.3) is 0 Å². The van der Waals surface area contributed by atoms with E-state index in [-0.39, 0.29) is 0 Å². The van der Waals surface area contributed by atoms with Crippen molar-refractivity contribution in [2.45, 2.75) is 107 Å². The molecule has 2 aliphatic rings. The van der Waals surface area contributed by atoms with Crippen LogP contribution in [0.2, 0.25) is 0 Å². The number of rotatable bonds is 12. The van der Waals surface area contributed by atoms with Gasteiger partial charge >= 0.3 is 0 Å². The molecule has 2 rings (SSSR count). The highest BCUT2D eigenvalue weighted by atomic mass is 16.7. The molecule has 0 aromatic heterocycles. The molecule has 0 saturated carbocycles. The van der Waals surface area contributed by atoms with Crippen LogP contribution in [0.15, 0.2) is 0 Å². The maximum Gasteiger partial charge on any atom is 0.187 e. The van der Waals surface area contributed by atoms with E-state index >= 15 is 0 Å². The van der Waals surface area contributed by atoms with Crippen molar-refractivity contribution in [1.29, 1.82) is 0 Å². The highest BCUT2D eigenvalue weighted by Gasteiger charge is 2.50. The van der Waals surface area contributed by atoms with Crippen molar-refractivity contribution >= 4 is 0 Å². The van der Waals surface area contributed by atoms with Crippen LogP contribution in [-0.4, -0.2) is 117 Å². The molecule has 31 heavy (non-hydrogen) atoms. The van der Waals surface area contributed by atoms with Crippen molar-refractivity contribution in [2.75, 3.05) is 19.8 Å². The lowest BCUT2D eigenvalue weighted by Gasteiger charge is -2.45. The van der Waals surface area contributed by atoms with Crippen LogP contribution >= 0.6 is 0 Å². The molecule has 0 aliphatic carbocycles. The molecule has 0 aromatic rings. The van der Waals surface area contributed by atoms with E-state index in [0.29, 0.717) is 6.61 Å². The van der Waals surface area contributed by atoms with Gasteiger partial charge in [-0.25, -0.2) is 0 Å². The third kappa shape index (κ3) is 7.02. The van der Waals surface area contributed by atoms with Crippen molar-refractivity contribution in [3.05, 3.63) is 0 Å². The minimum atomic E-state index is -1.69. The zero-order valence-corrected chi connectivity index (χ0v) is 17.9. The molecule has 11 heteroatoms. The highest BCUT2D eigenvalue weighted by molar-refractivity contribution is 4.94. The number of hydrogen-bond acceptors (Lipinski definition) is 11. The van der Waals surface area contributed by atoms with Gasteiger partial charge in [-0.05, 0) is 6.42 Å². The Bertz CT molecular complexity index is 492. The van der Waals surface area contributed by atoms with Crippen LogP contribution < -0.4 is 0 Å². The van der Waals surface area contributed by atoms with E-state index in [9.17, 15) is 35.7 Å². The quantitative estimate of drug-likeness (QED) is 0.162. The third-order valence-electron chi connectivity index (χ3n) is 5.74. The maximum atomic E-state index is 10.5. The van der Waals surface area contributed by atoms with Gasteiger partial charge in [-0.15, -0.1) is 0 Å². The van der Waals surface area contributed by atoms with Crippen molar-refractivity contribution in [3.8, 4) is 0 Å². The fourth-order valence-electron chi connectivity index (χ4n) is 3.77. The van der Waals surface area contributed by atoms with Gasteiger partial charge in [0.05, 0.1) is 13.2 Å². The molecule has 0 amide bonds. The Kier molecular flexibility index (Phi) is 11.5. The van der Waals surface area contributed by atoms with Crippen molar-refractivity contribution in [3.63, 3.8) is 0 Å². The minimum absolute atomic E-state index is 0.316. The van der Waals surface area contributed by atoms with Gasteiger partial charge in [0.1, 0.15) is 48.8 Å². The van der Waals surface area contributed by atoms with Crippen LogP contribution in [-0.2, 0) is 18.9 Å². The van der Waals surface area contributed by atoms with Gasteiger partial charge in [-0.1, -0.05) is 39.0 Å². The summed E-state index contributed by atoms with van der Waals surface area (Å²) in [5.74, 6) is 0. The number of aliphatic hydroxyl groups is 7. The van der Waals surface area contributed by atoms with Crippen molar-refractivity contribution < 1.29 is 54.7 Å². The number of ether oxygens (including phenoxy) is 4. The standard InChI is InChI=1S/C20H38O11/c1-2-3-4-5-6-7-8-28-19-17(27)15(25)18(12(10-22)30-19)31-20-16(26)14(24)13(23)11(9-21)29-20/h11-27H,2-10H2,1H3/t11-,12-,13-,14+,15+,16-,17-,18+,19-,20+/m1/s1. The highest BCUT2D eigenvalue weighted by Crippen LogP contribution is 2.29. The van der Waals surface area contributed by atoms with Crippen LogP contribution in [0.4, 0.5) is 0 Å². The van der Waals surface area contributed by atoms with Gasteiger partial charge in [0.15, 0.2) is 12.6 Å². The summed E-state index contributed by atoms with van der Waals surface area (Å²) in [6.07, 6.45) is -7.98. The topological polar surface area (TPSA) is 179 Å². The summed E-state index contributed by atoms with van der Waals surface area (Å²) in [6, 6.07) is 0. The zero-order valence-electron chi connectivity index (χ0n) is 17.9. The second-order valence-electron chi connectivity index (χ2n) is 8.14. The van der Waals surface area contributed by atoms with E-state index < -0.39 is 74.6 Å². The molecule has 11 nitrogen and oxygen atoms in total. The summed E-state index contributed by atoms with van der Waals surface area (Å²) in [7, 11) is 0. The van der Waals surface area contributed by atoms with Crippen LogP contribution in [0.1, 0.15) is 45.4 Å². The fourth-order valence-corrected chi connectivity index (χ4v) is 3.77. The first-order valence-electron chi connectivity index (χ1n) is 11.1. The molecule has 0 bridgehead atoms. The second-order valence-corrected chi connectivity index (χ2v) is 8.14. The predicted octanol–water partition coefficient (Wildman–Crippen LogP) is -2.01. The van der Waals surface area contributed by atoms with Gasteiger partial charge in [0, 0.05) is 6.61 Å². The fraction of sp³-hybridized carbons (Fsp3) is 1.00. The SMILES string of the molecule is CCCCCCCCO[C@@H]1O[C@H](CO)[C@H](O[C@@H]2O[C@H](CO)[C@@H](O)[C@H](O)[C@H]2O)[C@@H](O)[C@H]1O. The molecule has 7 N–H and O–H groups in total. The Morgan fingerprint density at radius 3 is 1.87 bits per heavy atom. The van der Waals surface area contributed by atoms with Gasteiger partial charge in [0.2, 0.25) is 0 Å². The Balaban J connectivity index is 1.90. The maximum absolute atomic E-state index is 10.5. The van der Waals surface area contributed by atoms with Crippen molar-refractivity contribution in [1.82, 2.24) is 0 Å². The Morgan fingerprint density at radius 1 is 0.645 bits per heavy atom. The summed E-state index contributed by atoms with van der Waals surface area (Å²) >= 11 is 0. The smallest absolute Gasteiger partial charge is 0.187 e. The number of hydrogen-bond donors (Lipinski definition) is 7. The predicted molar refractivity (Wildman–Crippen MR) is 106 cm³/mol. The van der Waals surface area contributed by atoms with E-state index in [1.54, 1.807) is 0 Å². The largest absolute Gasteiger partial charge is 0.394 e. The molecule has 184 valence electrons. The van der Waals surface area contributed by atoms with Crippen LogP contribution in [0.5, 0.6) is 0 Å². The summed E-state index contributed by atoms with van der Waals surface area (Å²) in [6.45, 7) is 1.23. The molecule has 2 heterocycles. The molecule has 0 aromatic carbocycles. The van der Waals surface area contributed by atoms with Crippen molar-refractivity contribution in [2.24, 2.45) is 0 Å². The second kappa shape index (κ2) is 13.3. The monoisotopic (exact) mass is 454 g/mol. The van der Waals surface area contributed by atoms with E-state index in [1.165, 1.54) is 6.42 Å². The lowest BCUT2D eigenvalue weighted by atomic mass is 9.97. The summed E-state index contributed by atoms with van der Waals surface area (Å²) in [5, 5.41) is 69.7. The summed E-state index contributed by atoms with van der Waals surface area (Å²) < 4.78 is 21.9. The lowest BCUT2D eigenvalue weighted by molar-refractivity contribution is -0.359. The molecule has 10 atom stereocenters. The normalized spacial score (nSPS) is 41.4. The molecule has 0 radical (unpaired) electrons. The number of unbranched alkanes of at least 4 members (excludes halogenated alkanes) is 5. The Labute approximate surface area is 182 Å². The average Bonchev–Trinajstić information content (AvgIpc) is 2.77. The summed E-state index contributed by atoms with van der Waals surface area (Å²) in [5.41, 5.74) is 0. The molecule has 2 saturated heterocycles. The third-order valence-corrected chi connectivity index (χ3v) is 5.74. The van der Waals surface area contributed by atoms with E-state index in [4.69, 9.17) is 18.9 Å². The van der Waals surface area contributed by atoms with Gasteiger partial charge in [0.25, 0.3) is 0 Å². The van der Waals surface area contributed by atoms with Crippen LogP contribution in [0, 0.1) is 0 Å². The molecule has 2 fully saturated rings.